The highest BCUT2D eigenvalue weighted by atomic mass is 35.5. The normalized spacial score (nSPS) is 13.9. The lowest BCUT2D eigenvalue weighted by Gasteiger charge is -2.32. The number of halogens is 2. The summed E-state index contributed by atoms with van der Waals surface area (Å²) < 4.78 is 0. The van der Waals surface area contributed by atoms with Crippen LogP contribution in [0.2, 0.25) is 10.0 Å². The second kappa shape index (κ2) is 6.24. The van der Waals surface area contributed by atoms with Crippen LogP contribution in [0.4, 0.5) is 17.5 Å². The molecule has 4 N–H and O–H groups in total. The maximum Gasteiger partial charge on any atom is 0.222 e. The van der Waals surface area contributed by atoms with E-state index in [4.69, 9.17) is 34.7 Å². The number of nitrogen functional groups attached to an aromatic ring is 2. The Labute approximate surface area is 155 Å². The number of rotatable bonds is 2. The van der Waals surface area contributed by atoms with E-state index in [-0.39, 0.29) is 5.95 Å². The molecule has 1 aliphatic heterocycles. The molecule has 0 spiro atoms. The van der Waals surface area contributed by atoms with Gasteiger partial charge in [-0.3, -0.25) is 0 Å². The van der Waals surface area contributed by atoms with Crippen molar-refractivity contribution in [2.45, 2.75) is 19.4 Å². The van der Waals surface area contributed by atoms with E-state index in [0.29, 0.717) is 15.9 Å². The molecule has 0 saturated carbocycles. The molecule has 7 heteroatoms. The lowest BCUT2D eigenvalue weighted by atomic mass is 9.96. The Bertz CT molecular complexity index is 973. The lowest BCUT2D eigenvalue weighted by Crippen LogP contribution is -2.29. The Kier molecular flexibility index (Phi) is 4.06. The molecule has 2 heterocycles. The second-order valence-corrected chi connectivity index (χ2v) is 7.01. The van der Waals surface area contributed by atoms with Gasteiger partial charge < -0.3 is 16.4 Å². The average molecular weight is 374 g/mol. The van der Waals surface area contributed by atoms with E-state index in [1.807, 2.05) is 24.3 Å². The largest absolute Gasteiger partial charge is 0.383 e. The summed E-state index contributed by atoms with van der Waals surface area (Å²) in [7, 11) is 0. The number of benzene rings is 2. The molecule has 0 fully saturated rings. The predicted molar refractivity (Wildman–Crippen MR) is 104 cm³/mol. The van der Waals surface area contributed by atoms with E-state index in [9.17, 15) is 0 Å². The predicted octanol–water partition coefficient (Wildman–Crippen LogP) is 4.05. The van der Waals surface area contributed by atoms with Crippen LogP contribution in [0, 0.1) is 0 Å². The Hall–Kier alpha value is -2.24. The number of aryl methyl sites for hydroxylation is 1. The maximum absolute atomic E-state index is 6.15. The molecule has 0 radical (unpaired) electrons. The van der Waals surface area contributed by atoms with Crippen LogP contribution in [0.5, 0.6) is 0 Å². The first-order chi connectivity index (χ1) is 12.0. The van der Waals surface area contributed by atoms with E-state index >= 15 is 0 Å². The SMILES string of the molecule is Nc1nc(N)c2c3c(ccc2n1)N(Cc1ccc(Cl)c(Cl)c1)CCC3. The minimum absolute atomic E-state index is 0.202. The average Bonchev–Trinajstić information content (AvgIpc) is 2.57. The van der Waals surface area contributed by atoms with Gasteiger partial charge in [-0.1, -0.05) is 29.3 Å². The van der Waals surface area contributed by atoms with Crippen molar-refractivity contribution in [1.82, 2.24) is 9.97 Å². The van der Waals surface area contributed by atoms with Gasteiger partial charge in [-0.25, -0.2) is 4.98 Å². The van der Waals surface area contributed by atoms with Gasteiger partial charge in [0.25, 0.3) is 0 Å². The molecule has 0 unspecified atom stereocenters. The Morgan fingerprint density at radius 3 is 2.68 bits per heavy atom. The minimum atomic E-state index is 0.202. The number of nitrogens with zero attached hydrogens (tertiary/aromatic N) is 3. The molecular formula is C18H17Cl2N5. The third-order valence-corrected chi connectivity index (χ3v) is 5.28. The molecule has 3 aromatic rings. The number of fused-ring (bicyclic) bond motifs is 3. The van der Waals surface area contributed by atoms with Crippen LogP contribution < -0.4 is 16.4 Å². The highest BCUT2D eigenvalue weighted by Crippen LogP contribution is 2.36. The van der Waals surface area contributed by atoms with E-state index in [2.05, 4.69) is 20.9 Å². The molecule has 1 aliphatic rings. The van der Waals surface area contributed by atoms with Gasteiger partial charge in [0.05, 0.1) is 15.6 Å². The third-order valence-electron chi connectivity index (χ3n) is 4.55. The standard InChI is InChI=1S/C18H17Cl2N5/c19-12-4-3-10(8-13(12)20)9-25-7-1-2-11-15(25)6-5-14-16(11)17(21)24-18(22)23-14/h3-6,8H,1-2,7,9H2,(H4,21,22,23,24). The van der Waals surface area contributed by atoms with Crippen LogP contribution in [0.15, 0.2) is 30.3 Å². The van der Waals surface area contributed by atoms with Gasteiger partial charge in [-0.05, 0) is 48.2 Å². The summed E-state index contributed by atoms with van der Waals surface area (Å²) in [6, 6.07) is 9.79. The molecule has 0 amide bonds. The van der Waals surface area contributed by atoms with Gasteiger partial charge in [0.1, 0.15) is 5.82 Å². The molecule has 0 saturated heterocycles. The zero-order valence-electron chi connectivity index (χ0n) is 13.5. The Balaban J connectivity index is 1.77. The number of hydrogen-bond acceptors (Lipinski definition) is 5. The summed E-state index contributed by atoms with van der Waals surface area (Å²) in [5.74, 6) is 0.643. The fourth-order valence-corrected chi connectivity index (χ4v) is 3.79. The Morgan fingerprint density at radius 1 is 1.04 bits per heavy atom. The van der Waals surface area contributed by atoms with Gasteiger partial charge in [-0.2, -0.15) is 4.98 Å². The van der Waals surface area contributed by atoms with Crippen molar-refractivity contribution in [1.29, 1.82) is 0 Å². The first kappa shape index (κ1) is 16.2. The van der Waals surface area contributed by atoms with Crippen molar-refractivity contribution >= 4 is 51.6 Å². The third kappa shape index (κ3) is 2.94. The monoisotopic (exact) mass is 373 g/mol. The van der Waals surface area contributed by atoms with E-state index < -0.39 is 0 Å². The van der Waals surface area contributed by atoms with Crippen molar-refractivity contribution in [2.75, 3.05) is 22.9 Å². The summed E-state index contributed by atoms with van der Waals surface area (Å²) in [6.45, 7) is 1.72. The number of anilines is 3. The smallest absolute Gasteiger partial charge is 0.222 e. The van der Waals surface area contributed by atoms with Crippen molar-refractivity contribution < 1.29 is 0 Å². The molecular weight excluding hydrogens is 357 g/mol. The summed E-state index contributed by atoms with van der Waals surface area (Å²) in [5, 5.41) is 2.05. The van der Waals surface area contributed by atoms with E-state index in [1.54, 1.807) is 0 Å². The Morgan fingerprint density at radius 2 is 1.88 bits per heavy atom. The topological polar surface area (TPSA) is 81.1 Å². The van der Waals surface area contributed by atoms with Crippen LogP contribution in [0.1, 0.15) is 17.5 Å². The zero-order valence-corrected chi connectivity index (χ0v) is 15.0. The molecule has 1 aromatic heterocycles. The molecule has 128 valence electrons. The fourth-order valence-electron chi connectivity index (χ4n) is 3.47. The molecule has 0 bridgehead atoms. The van der Waals surface area contributed by atoms with Gasteiger partial charge >= 0.3 is 0 Å². The summed E-state index contributed by atoms with van der Waals surface area (Å²) >= 11 is 12.2. The summed E-state index contributed by atoms with van der Waals surface area (Å²) in [6.07, 6.45) is 1.99. The van der Waals surface area contributed by atoms with E-state index in [0.717, 1.165) is 48.1 Å². The lowest BCUT2D eigenvalue weighted by molar-refractivity contribution is 0.694. The van der Waals surface area contributed by atoms with Crippen molar-refractivity contribution in [3.63, 3.8) is 0 Å². The highest BCUT2D eigenvalue weighted by Gasteiger charge is 2.21. The molecule has 4 rings (SSSR count). The fraction of sp³-hybridized carbons (Fsp3) is 0.222. The van der Waals surface area contributed by atoms with Crippen LogP contribution in [0.25, 0.3) is 10.9 Å². The van der Waals surface area contributed by atoms with Crippen molar-refractivity contribution in [3.05, 3.63) is 51.5 Å². The quantitative estimate of drug-likeness (QED) is 0.707. The summed E-state index contributed by atoms with van der Waals surface area (Å²) in [4.78, 5) is 10.8. The van der Waals surface area contributed by atoms with Crippen LogP contribution in [0.3, 0.4) is 0 Å². The van der Waals surface area contributed by atoms with Crippen LogP contribution in [-0.4, -0.2) is 16.5 Å². The van der Waals surface area contributed by atoms with Crippen LogP contribution in [-0.2, 0) is 13.0 Å². The van der Waals surface area contributed by atoms with Gasteiger partial charge in [0.15, 0.2) is 0 Å². The molecule has 2 aromatic carbocycles. The highest BCUT2D eigenvalue weighted by molar-refractivity contribution is 6.42. The first-order valence-electron chi connectivity index (χ1n) is 8.06. The number of hydrogen-bond donors (Lipinski definition) is 2. The molecule has 5 nitrogen and oxygen atoms in total. The number of aromatic nitrogens is 2. The molecule has 0 aliphatic carbocycles. The summed E-state index contributed by atoms with van der Waals surface area (Å²) in [5.41, 5.74) is 16.1. The van der Waals surface area contributed by atoms with Gasteiger partial charge in [0.2, 0.25) is 5.95 Å². The molecule has 25 heavy (non-hydrogen) atoms. The molecule has 0 atom stereocenters. The number of nitrogens with two attached hydrogens (primary N) is 2. The second-order valence-electron chi connectivity index (χ2n) is 6.20. The van der Waals surface area contributed by atoms with Crippen molar-refractivity contribution in [2.24, 2.45) is 0 Å². The van der Waals surface area contributed by atoms with Gasteiger partial charge in [-0.15, -0.1) is 0 Å². The van der Waals surface area contributed by atoms with Gasteiger partial charge in [0, 0.05) is 24.2 Å². The zero-order chi connectivity index (χ0) is 17.6. The maximum atomic E-state index is 6.15. The van der Waals surface area contributed by atoms with E-state index in [1.165, 1.54) is 5.56 Å². The van der Waals surface area contributed by atoms with Crippen LogP contribution >= 0.6 is 23.2 Å². The minimum Gasteiger partial charge on any atom is -0.383 e. The van der Waals surface area contributed by atoms with Crippen molar-refractivity contribution in [3.8, 4) is 0 Å². The first-order valence-corrected chi connectivity index (χ1v) is 8.82.